The lowest BCUT2D eigenvalue weighted by atomic mass is 10.0. The minimum Gasteiger partial charge on any atom is -0.385 e. The first-order chi connectivity index (χ1) is 7.88. The Hall–Kier alpha value is -1.05. The number of thioether (sulfide) groups is 1. The molecule has 98 valence electrons. The van der Waals surface area contributed by atoms with E-state index < -0.39 is 12.1 Å². The fraction of sp³-hybridized carbons (Fsp3) is 0.667. The molecule has 17 heavy (non-hydrogen) atoms. The summed E-state index contributed by atoms with van der Waals surface area (Å²) in [6.07, 6.45) is -2.47. The Balaban J connectivity index is 2.82. The van der Waals surface area contributed by atoms with E-state index in [-0.39, 0.29) is 23.8 Å². The Morgan fingerprint density at radius 2 is 2.24 bits per heavy atom. The van der Waals surface area contributed by atoms with E-state index in [0.717, 1.165) is 5.75 Å². The average Bonchev–Trinajstić information content (AvgIpc) is 2.60. The second kappa shape index (κ2) is 5.52. The molecule has 0 spiro atoms. The van der Waals surface area contributed by atoms with E-state index in [9.17, 15) is 13.2 Å². The summed E-state index contributed by atoms with van der Waals surface area (Å²) in [5, 5.41) is 2.73. The summed E-state index contributed by atoms with van der Waals surface area (Å²) in [5.41, 5.74) is 10.9. The molecular weight excluding hydrogens is 253 g/mol. The fourth-order valence-corrected chi connectivity index (χ4v) is 1.83. The van der Waals surface area contributed by atoms with Crippen molar-refractivity contribution in [2.45, 2.75) is 6.18 Å². The highest BCUT2D eigenvalue weighted by Crippen LogP contribution is 2.35. The van der Waals surface area contributed by atoms with Gasteiger partial charge in [0.1, 0.15) is 17.6 Å². The van der Waals surface area contributed by atoms with E-state index in [0.29, 0.717) is 6.54 Å². The molecule has 1 heterocycles. The Morgan fingerprint density at radius 3 is 2.76 bits per heavy atom. The van der Waals surface area contributed by atoms with E-state index in [1.807, 2.05) is 6.26 Å². The van der Waals surface area contributed by atoms with Crippen molar-refractivity contribution in [1.82, 2.24) is 5.32 Å². The van der Waals surface area contributed by atoms with Gasteiger partial charge in [0.05, 0.1) is 6.54 Å². The minimum absolute atomic E-state index is 0.0277. The molecule has 0 aromatic carbocycles. The summed E-state index contributed by atoms with van der Waals surface area (Å²) < 4.78 is 38.0. The van der Waals surface area contributed by atoms with Gasteiger partial charge in [-0.15, -0.1) is 0 Å². The number of halogens is 3. The van der Waals surface area contributed by atoms with Crippen LogP contribution in [0.1, 0.15) is 0 Å². The van der Waals surface area contributed by atoms with Crippen LogP contribution >= 0.6 is 11.8 Å². The topological polar surface area (TPSA) is 76.4 Å². The average molecular weight is 268 g/mol. The van der Waals surface area contributed by atoms with Crippen LogP contribution in [0.15, 0.2) is 16.4 Å². The molecule has 0 fully saturated rings. The normalized spacial score (nSPS) is 23.5. The van der Waals surface area contributed by atoms with Gasteiger partial charge in [-0.3, -0.25) is 4.99 Å². The zero-order chi connectivity index (χ0) is 13.1. The highest BCUT2D eigenvalue weighted by atomic mass is 32.2. The predicted octanol–water partition coefficient (Wildman–Crippen LogP) is 0.659. The molecule has 0 radical (unpaired) electrons. The molecule has 8 heteroatoms. The van der Waals surface area contributed by atoms with Gasteiger partial charge in [-0.2, -0.15) is 24.9 Å². The summed E-state index contributed by atoms with van der Waals surface area (Å²) in [6, 6.07) is 0. The van der Waals surface area contributed by atoms with Gasteiger partial charge in [0.15, 0.2) is 0 Å². The molecule has 4 nitrogen and oxygen atoms in total. The van der Waals surface area contributed by atoms with Gasteiger partial charge < -0.3 is 16.8 Å². The van der Waals surface area contributed by atoms with Crippen molar-refractivity contribution >= 4 is 17.6 Å². The van der Waals surface area contributed by atoms with Crippen molar-refractivity contribution in [2.75, 3.05) is 25.1 Å². The number of hydrogen-bond donors (Lipinski definition) is 3. The highest BCUT2D eigenvalue weighted by Gasteiger charge is 2.46. The largest absolute Gasteiger partial charge is 0.397 e. The van der Waals surface area contributed by atoms with Crippen LogP contribution in [-0.4, -0.2) is 37.1 Å². The van der Waals surface area contributed by atoms with Crippen molar-refractivity contribution in [2.24, 2.45) is 22.4 Å². The molecule has 0 aromatic rings. The maximum Gasteiger partial charge on any atom is 0.397 e. The van der Waals surface area contributed by atoms with Crippen molar-refractivity contribution in [1.29, 1.82) is 0 Å². The Morgan fingerprint density at radius 1 is 1.59 bits per heavy atom. The Bertz CT molecular complexity index is 338. The van der Waals surface area contributed by atoms with Gasteiger partial charge in [0.2, 0.25) is 0 Å². The maximum absolute atomic E-state index is 12.7. The summed E-state index contributed by atoms with van der Waals surface area (Å²) in [5.74, 6) is -1.09. The maximum atomic E-state index is 12.7. The molecule has 0 amide bonds. The van der Waals surface area contributed by atoms with Crippen molar-refractivity contribution in [3.05, 3.63) is 11.4 Å². The molecule has 0 aliphatic carbocycles. The summed E-state index contributed by atoms with van der Waals surface area (Å²) >= 11 is 1.57. The lowest BCUT2D eigenvalue weighted by Crippen LogP contribution is -2.35. The van der Waals surface area contributed by atoms with Gasteiger partial charge in [0.25, 0.3) is 0 Å². The van der Waals surface area contributed by atoms with Gasteiger partial charge in [-0.05, 0) is 6.26 Å². The molecule has 0 bridgehead atoms. The lowest BCUT2D eigenvalue weighted by Gasteiger charge is -2.18. The number of nitrogens with zero attached hydrogens (tertiary/aromatic N) is 1. The van der Waals surface area contributed by atoms with Crippen LogP contribution in [0, 0.1) is 5.92 Å². The van der Waals surface area contributed by atoms with Crippen LogP contribution in [0.25, 0.3) is 0 Å². The minimum atomic E-state index is -4.37. The third-order valence-corrected chi connectivity index (χ3v) is 2.99. The third kappa shape index (κ3) is 3.45. The number of alkyl halides is 3. The van der Waals surface area contributed by atoms with Crippen molar-refractivity contribution in [3.8, 4) is 0 Å². The third-order valence-electron chi connectivity index (χ3n) is 2.38. The zero-order valence-electron chi connectivity index (χ0n) is 9.34. The number of amidine groups is 1. The van der Waals surface area contributed by atoms with E-state index in [4.69, 9.17) is 11.5 Å². The van der Waals surface area contributed by atoms with E-state index in [1.54, 1.807) is 11.8 Å². The highest BCUT2D eigenvalue weighted by molar-refractivity contribution is 7.98. The lowest BCUT2D eigenvalue weighted by molar-refractivity contribution is -0.158. The molecule has 1 aliphatic heterocycles. The smallest absolute Gasteiger partial charge is 0.385 e. The molecule has 1 rings (SSSR count). The van der Waals surface area contributed by atoms with Crippen LogP contribution in [0.2, 0.25) is 0 Å². The number of nitrogens with two attached hydrogens (primary N) is 2. The van der Waals surface area contributed by atoms with Gasteiger partial charge in [0, 0.05) is 17.9 Å². The van der Waals surface area contributed by atoms with E-state index >= 15 is 0 Å². The number of nitrogens with one attached hydrogen (secondary N) is 1. The van der Waals surface area contributed by atoms with Crippen molar-refractivity contribution < 1.29 is 13.2 Å². The monoisotopic (exact) mass is 268 g/mol. The predicted molar refractivity (Wildman–Crippen MR) is 63.6 cm³/mol. The van der Waals surface area contributed by atoms with Crippen molar-refractivity contribution in [3.63, 3.8) is 0 Å². The first kappa shape index (κ1) is 14.0. The molecular formula is C9H15F3N4S. The Kier molecular flexibility index (Phi) is 4.55. The number of hydrogen-bond acceptors (Lipinski definition) is 5. The summed E-state index contributed by atoms with van der Waals surface area (Å²) in [6.45, 7) is 0.115. The second-order valence-corrected chi connectivity index (χ2v) is 4.55. The first-order valence-corrected chi connectivity index (χ1v) is 6.36. The Labute approximate surface area is 102 Å². The van der Waals surface area contributed by atoms with Crippen LogP contribution < -0.4 is 16.8 Å². The van der Waals surface area contributed by atoms with Crippen LogP contribution in [-0.2, 0) is 0 Å². The molecule has 1 atom stereocenters. The van der Waals surface area contributed by atoms with Crippen LogP contribution in [0.5, 0.6) is 0 Å². The molecule has 0 saturated heterocycles. The second-order valence-electron chi connectivity index (χ2n) is 3.57. The molecule has 5 N–H and O–H groups in total. The standard InChI is InChI=1S/C9H15F3N4S/c1-17-3-2-15-7(13)6-5(9(10,11)12)4-16-8(6)14/h5,15H,2-4,13H2,1H3,(H2,14,16). The summed E-state index contributed by atoms with van der Waals surface area (Å²) in [7, 11) is 0. The SMILES string of the molecule is CSCCNC(N)=C1C(N)=NCC1C(F)(F)F. The van der Waals surface area contributed by atoms with Crippen LogP contribution in [0.4, 0.5) is 13.2 Å². The summed E-state index contributed by atoms with van der Waals surface area (Å²) in [4.78, 5) is 3.61. The number of aliphatic imine (C=N–C) groups is 1. The zero-order valence-corrected chi connectivity index (χ0v) is 10.2. The van der Waals surface area contributed by atoms with Gasteiger partial charge >= 0.3 is 6.18 Å². The fourth-order valence-electron chi connectivity index (χ4n) is 1.52. The van der Waals surface area contributed by atoms with E-state index in [1.165, 1.54) is 0 Å². The quantitative estimate of drug-likeness (QED) is 0.655. The molecule has 0 aromatic heterocycles. The molecule has 1 unspecified atom stereocenters. The van der Waals surface area contributed by atoms with Gasteiger partial charge in [-0.1, -0.05) is 0 Å². The van der Waals surface area contributed by atoms with Gasteiger partial charge in [-0.25, -0.2) is 0 Å². The number of rotatable bonds is 4. The van der Waals surface area contributed by atoms with Crippen LogP contribution in [0.3, 0.4) is 0 Å². The molecule has 0 saturated carbocycles. The van der Waals surface area contributed by atoms with E-state index in [2.05, 4.69) is 10.3 Å². The molecule has 1 aliphatic rings. The first-order valence-electron chi connectivity index (χ1n) is 4.97.